The van der Waals surface area contributed by atoms with Gasteiger partial charge in [0.25, 0.3) is 0 Å². The Balaban J connectivity index is 2.10. The van der Waals surface area contributed by atoms with Gasteiger partial charge in [0.15, 0.2) is 0 Å². The van der Waals surface area contributed by atoms with Crippen LogP contribution in [0.15, 0.2) is 28.9 Å². The number of hydrogen-bond donors (Lipinski definition) is 1. The van der Waals surface area contributed by atoms with Crippen LogP contribution in [0.25, 0.3) is 33.3 Å². The first-order chi connectivity index (χ1) is 12.5. The molecule has 0 aliphatic heterocycles. The molecule has 0 saturated heterocycles. The minimum atomic E-state index is 0.586. The second kappa shape index (κ2) is 5.98. The van der Waals surface area contributed by atoms with Gasteiger partial charge in [-0.1, -0.05) is 5.16 Å². The fourth-order valence-electron chi connectivity index (χ4n) is 3.49. The average molecular weight is 348 g/mol. The lowest BCUT2D eigenvalue weighted by Crippen LogP contribution is -1.95. The third kappa shape index (κ3) is 2.45. The molecule has 0 spiro atoms. The number of aromatic amines is 1. The standard InChI is InChI=1S/C20H20N4O2/c1-10-6-7-21-20(25-5)17(10)15-8-14(18-11(2)24-26-12(18)3)9-16-19(15)23-13(4)22-16/h6-9H,1-5H3,(H,22,23). The summed E-state index contributed by atoms with van der Waals surface area (Å²) in [6, 6.07) is 6.18. The van der Waals surface area contributed by atoms with Crippen molar-refractivity contribution in [3.8, 4) is 28.1 Å². The van der Waals surface area contributed by atoms with Crippen LogP contribution in [0, 0.1) is 27.7 Å². The van der Waals surface area contributed by atoms with Crippen molar-refractivity contribution in [3.05, 3.63) is 47.2 Å². The quantitative estimate of drug-likeness (QED) is 0.589. The zero-order chi connectivity index (χ0) is 18.4. The van der Waals surface area contributed by atoms with Crippen molar-refractivity contribution in [2.45, 2.75) is 27.7 Å². The van der Waals surface area contributed by atoms with E-state index in [1.165, 1.54) is 0 Å². The van der Waals surface area contributed by atoms with E-state index in [-0.39, 0.29) is 0 Å². The van der Waals surface area contributed by atoms with Gasteiger partial charge in [-0.05, 0) is 57.0 Å². The Morgan fingerprint density at radius 1 is 1.08 bits per heavy atom. The molecule has 6 heteroatoms. The summed E-state index contributed by atoms with van der Waals surface area (Å²) in [5.74, 6) is 2.24. The Hall–Kier alpha value is -3.15. The summed E-state index contributed by atoms with van der Waals surface area (Å²) in [6.07, 6.45) is 1.75. The van der Waals surface area contributed by atoms with Crippen LogP contribution in [0.3, 0.4) is 0 Å². The molecule has 1 N–H and O–H groups in total. The predicted molar refractivity (Wildman–Crippen MR) is 100 cm³/mol. The van der Waals surface area contributed by atoms with Crippen LogP contribution in [-0.2, 0) is 0 Å². The molecule has 3 aromatic heterocycles. The predicted octanol–water partition coefficient (Wildman–Crippen LogP) is 4.52. The van der Waals surface area contributed by atoms with Crippen LogP contribution in [-0.4, -0.2) is 27.2 Å². The third-order valence-corrected chi connectivity index (χ3v) is 4.61. The number of hydrogen-bond acceptors (Lipinski definition) is 5. The molecule has 0 aliphatic carbocycles. The second-order valence-corrected chi connectivity index (χ2v) is 6.45. The van der Waals surface area contributed by atoms with Gasteiger partial charge in [0.1, 0.15) is 11.6 Å². The molecule has 4 rings (SSSR count). The van der Waals surface area contributed by atoms with Crippen molar-refractivity contribution in [1.29, 1.82) is 0 Å². The highest BCUT2D eigenvalue weighted by molar-refractivity contribution is 5.98. The number of fused-ring (bicyclic) bond motifs is 1. The van der Waals surface area contributed by atoms with Crippen LogP contribution >= 0.6 is 0 Å². The highest BCUT2D eigenvalue weighted by Gasteiger charge is 2.20. The summed E-state index contributed by atoms with van der Waals surface area (Å²) in [7, 11) is 1.64. The van der Waals surface area contributed by atoms with Crippen LogP contribution in [0.2, 0.25) is 0 Å². The summed E-state index contributed by atoms with van der Waals surface area (Å²) in [4.78, 5) is 12.4. The van der Waals surface area contributed by atoms with Crippen molar-refractivity contribution < 1.29 is 9.26 Å². The van der Waals surface area contributed by atoms with Gasteiger partial charge in [0, 0.05) is 22.9 Å². The van der Waals surface area contributed by atoms with Crippen LogP contribution < -0.4 is 4.74 Å². The van der Waals surface area contributed by atoms with Crippen molar-refractivity contribution in [2.75, 3.05) is 7.11 Å². The Morgan fingerprint density at radius 2 is 1.88 bits per heavy atom. The number of pyridine rings is 1. The van der Waals surface area contributed by atoms with Gasteiger partial charge in [0.2, 0.25) is 5.88 Å². The Kier molecular flexibility index (Phi) is 3.76. The highest BCUT2D eigenvalue weighted by Crippen LogP contribution is 2.39. The minimum absolute atomic E-state index is 0.586. The summed E-state index contributed by atoms with van der Waals surface area (Å²) in [5.41, 5.74) is 7.74. The van der Waals surface area contributed by atoms with E-state index in [1.54, 1.807) is 13.3 Å². The van der Waals surface area contributed by atoms with E-state index < -0.39 is 0 Å². The summed E-state index contributed by atoms with van der Waals surface area (Å²) >= 11 is 0. The number of methoxy groups -OCH3 is 1. The topological polar surface area (TPSA) is 76.8 Å². The van der Waals surface area contributed by atoms with Crippen molar-refractivity contribution >= 4 is 11.0 Å². The minimum Gasteiger partial charge on any atom is -0.481 e. The van der Waals surface area contributed by atoms with Crippen molar-refractivity contribution in [2.24, 2.45) is 0 Å². The summed E-state index contributed by atoms with van der Waals surface area (Å²) in [5, 5.41) is 4.09. The number of rotatable bonds is 3. The molecular formula is C20H20N4O2. The molecule has 0 saturated carbocycles. The van der Waals surface area contributed by atoms with Crippen molar-refractivity contribution in [3.63, 3.8) is 0 Å². The molecule has 132 valence electrons. The third-order valence-electron chi connectivity index (χ3n) is 4.61. The van der Waals surface area contributed by atoms with Gasteiger partial charge in [-0.25, -0.2) is 9.97 Å². The molecule has 0 aliphatic rings. The van der Waals surface area contributed by atoms with E-state index in [0.29, 0.717) is 5.88 Å². The molecule has 1 aromatic carbocycles. The number of H-pyrrole nitrogens is 1. The number of nitrogens with zero attached hydrogens (tertiary/aromatic N) is 3. The summed E-state index contributed by atoms with van der Waals surface area (Å²) in [6.45, 7) is 7.87. The zero-order valence-electron chi connectivity index (χ0n) is 15.5. The fraction of sp³-hybridized carbons (Fsp3) is 0.250. The van der Waals surface area contributed by atoms with E-state index >= 15 is 0 Å². The zero-order valence-corrected chi connectivity index (χ0v) is 15.5. The van der Waals surface area contributed by atoms with Gasteiger partial charge in [-0.15, -0.1) is 0 Å². The molecule has 6 nitrogen and oxygen atoms in total. The Bertz CT molecular complexity index is 1100. The summed E-state index contributed by atoms with van der Waals surface area (Å²) < 4.78 is 10.9. The normalized spacial score (nSPS) is 11.3. The van der Waals surface area contributed by atoms with Crippen LogP contribution in [0.5, 0.6) is 5.88 Å². The number of ether oxygens (including phenoxy) is 1. The lowest BCUT2D eigenvalue weighted by atomic mass is 9.95. The Morgan fingerprint density at radius 3 is 2.58 bits per heavy atom. The van der Waals surface area contributed by atoms with E-state index in [9.17, 15) is 0 Å². The van der Waals surface area contributed by atoms with E-state index in [2.05, 4.69) is 27.3 Å². The number of imidazole rings is 1. The molecule has 26 heavy (non-hydrogen) atoms. The van der Waals surface area contributed by atoms with Gasteiger partial charge in [-0.3, -0.25) is 0 Å². The molecule has 0 atom stereocenters. The lowest BCUT2D eigenvalue weighted by Gasteiger charge is -2.13. The second-order valence-electron chi connectivity index (χ2n) is 6.45. The molecule has 4 aromatic rings. The van der Waals surface area contributed by atoms with Gasteiger partial charge in [0.05, 0.1) is 23.8 Å². The first-order valence-electron chi connectivity index (χ1n) is 8.43. The average Bonchev–Trinajstić information content (AvgIpc) is 3.15. The van der Waals surface area contributed by atoms with Crippen LogP contribution in [0.4, 0.5) is 0 Å². The van der Waals surface area contributed by atoms with E-state index in [0.717, 1.165) is 56.1 Å². The highest BCUT2D eigenvalue weighted by atomic mass is 16.5. The maximum Gasteiger partial charge on any atom is 0.221 e. The molecule has 0 fully saturated rings. The molecule has 0 radical (unpaired) electrons. The molecule has 3 heterocycles. The molecule has 0 unspecified atom stereocenters. The van der Waals surface area contributed by atoms with Crippen LogP contribution in [0.1, 0.15) is 22.8 Å². The molecule has 0 amide bonds. The first-order valence-corrected chi connectivity index (χ1v) is 8.43. The van der Waals surface area contributed by atoms with E-state index in [1.807, 2.05) is 33.8 Å². The van der Waals surface area contributed by atoms with Gasteiger partial charge in [-0.2, -0.15) is 0 Å². The number of aryl methyl sites for hydroxylation is 4. The maximum atomic E-state index is 5.53. The Labute approximate surface area is 151 Å². The first kappa shape index (κ1) is 16.3. The SMILES string of the molecule is COc1nccc(C)c1-c1cc(-c2c(C)noc2C)cc2[nH]c(C)nc12. The maximum absolute atomic E-state index is 5.53. The smallest absolute Gasteiger partial charge is 0.221 e. The number of benzene rings is 1. The number of aromatic nitrogens is 4. The van der Waals surface area contributed by atoms with E-state index in [4.69, 9.17) is 14.2 Å². The monoisotopic (exact) mass is 348 g/mol. The van der Waals surface area contributed by atoms with Gasteiger partial charge < -0.3 is 14.2 Å². The lowest BCUT2D eigenvalue weighted by molar-refractivity contribution is 0.393. The van der Waals surface area contributed by atoms with Gasteiger partial charge >= 0.3 is 0 Å². The fourth-order valence-corrected chi connectivity index (χ4v) is 3.49. The largest absolute Gasteiger partial charge is 0.481 e. The number of nitrogens with one attached hydrogen (secondary N) is 1. The van der Waals surface area contributed by atoms with Crippen molar-refractivity contribution in [1.82, 2.24) is 20.1 Å². The molecular weight excluding hydrogens is 328 g/mol. The molecule has 0 bridgehead atoms.